The second kappa shape index (κ2) is 10.5. The minimum absolute atomic E-state index is 0.189. The summed E-state index contributed by atoms with van der Waals surface area (Å²) in [7, 11) is 0. The van der Waals surface area contributed by atoms with E-state index in [9.17, 15) is 19.2 Å². The topological polar surface area (TPSA) is 105 Å². The van der Waals surface area contributed by atoms with Crippen LogP contribution in [0.3, 0.4) is 0 Å². The van der Waals surface area contributed by atoms with Crippen molar-refractivity contribution in [1.82, 2.24) is 5.32 Å². The highest BCUT2D eigenvalue weighted by Gasteiger charge is 2.36. The number of halogens is 1. The summed E-state index contributed by atoms with van der Waals surface area (Å²) >= 11 is 5.98. The van der Waals surface area contributed by atoms with Crippen molar-refractivity contribution in [3.05, 3.63) is 94.0 Å². The van der Waals surface area contributed by atoms with Crippen molar-refractivity contribution in [2.45, 2.75) is 13.8 Å². The lowest BCUT2D eigenvalue weighted by Crippen LogP contribution is -2.54. The molecule has 4 rings (SSSR count). The Kier molecular flexibility index (Phi) is 7.17. The molecular formula is C27H22ClN3O5. The van der Waals surface area contributed by atoms with Gasteiger partial charge in [-0.15, -0.1) is 0 Å². The third kappa shape index (κ3) is 5.61. The summed E-state index contributed by atoms with van der Waals surface area (Å²) in [5, 5.41) is 5.32. The van der Waals surface area contributed by atoms with Crippen LogP contribution in [0.1, 0.15) is 16.7 Å². The largest absolute Gasteiger partial charge is 0.484 e. The molecule has 0 radical (unpaired) electrons. The highest BCUT2D eigenvalue weighted by Crippen LogP contribution is 2.25. The van der Waals surface area contributed by atoms with E-state index in [0.717, 1.165) is 21.7 Å². The smallest absolute Gasteiger partial charge is 0.335 e. The number of nitrogens with one attached hydrogen (secondary N) is 2. The Hall–Kier alpha value is -4.43. The zero-order valence-electron chi connectivity index (χ0n) is 19.5. The number of ether oxygens (including phenoxy) is 1. The molecule has 9 heteroatoms. The molecular weight excluding hydrogens is 482 g/mol. The summed E-state index contributed by atoms with van der Waals surface area (Å²) in [5.41, 5.74) is 3.34. The van der Waals surface area contributed by atoms with Gasteiger partial charge in [-0.2, -0.15) is 0 Å². The maximum atomic E-state index is 13.0. The Morgan fingerprint density at radius 3 is 2.47 bits per heavy atom. The first-order chi connectivity index (χ1) is 17.2. The number of nitrogens with zero attached hydrogens (tertiary/aromatic N) is 1. The fourth-order valence-electron chi connectivity index (χ4n) is 3.62. The van der Waals surface area contributed by atoms with E-state index in [-0.39, 0.29) is 23.8 Å². The molecule has 1 saturated heterocycles. The van der Waals surface area contributed by atoms with Crippen molar-refractivity contribution in [3.63, 3.8) is 0 Å². The summed E-state index contributed by atoms with van der Waals surface area (Å²) in [5.74, 6) is -1.44. The van der Waals surface area contributed by atoms with Crippen LogP contribution in [-0.4, -0.2) is 30.4 Å². The minimum Gasteiger partial charge on any atom is -0.484 e. The van der Waals surface area contributed by atoms with E-state index < -0.39 is 17.8 Å². The van der Waals surface area contributed by atoms with Crippen LogP contribution in [0.15, 0.2) is 72.3 Å². The molecule has 182 valence electrons. The fourth-order valence-corrected chi connectivity index (χ4v) is 3.81. The van der Waals surface area contributed by atoms with Gasteiger partial charge in [0.2, 0.25) is 0 Å². The summed E-state index contributed by atoms with van der Waals surface area (Å²) in [6.45, 7) is 3.70. The number of barbiturate groups is 1. The van der Waals surface area contributed by atoms with Crippen molar-refractivity contribution in [2.24, 2.45) is 0 Å². The van der Waals surface area contributed by atoms with Crippen LogP contribution in [0.5, 0.6) is 5.75 Å². The van der Waals surface area contributed by atoms with Gasteiger partial charge >= 0.3 is 6.03 Å². The van der Waals surface area contributed by atoms with Gasteiger partial charge in [0.05, 0.1) is 5.69 Å². The van der Waals surface area contributed by atoms with E-state index in [2.05, 4.69) is 10.6 Å². The molecule has 0 bridgehead atoms. The predicted molar refractivity (Wildman–Crippen MR) is 137 cm³/mol. The molecule has 3 aromatic rings. The number of amides is 5. The number of rotatable bonds is 6. The molecule has 0 unspecified atom stereocenters. The third-order valence-corrected chi connectivity index (χ3v) is 5.62. The highest BCUT2D eigenvalue weighted by atomic mass is 35.5. The number of carbonyl (C=O) groups excluding carboxylic acids is 4. The number of carbonyl (C=O) groups is 4. The molecule has 3 aromatic carbocycles. The van der Waals surface area contributed by atoms with Gasteiger partial charge in [0.25, 0.3) is 17.7 Å². The molecule has 1 aliphatic rings. The molecule has 1 heterocycles. The Morgan fingerprint density at radius 1 is 1.03 bits per heavy atom. The van der Waals surface area contributed by atoms with Crippen LogP contribution < -0.4 is 20.3 Å². The number of aryl methyl sites for hydroxylation is 2. The number of anilines is 2. The van der Waals surface area contributed by atoms with Gasteiger partial charge < -0.3 is 10.1 Å². The van der Waals surface area contributed by atoms with Crippen LogP contribution >= 0.6 is 11.6 Å². The van der Waals surface area contributed by atoms with E-state index in [0.29, 0.717) is 16.3 Å². The molecule has 0 spiro atoms. The van der Waals surface area contributed by atoms with Gasteiger partial charge in [-0.25, -0.2) is 9.69 Å². The number of hydrogen-bond acceptors (Lipinski definition) is 5. The lowest BCUT2D eigenvalue weighted by atomic mass is 10.1. The summed E-state index contributed by atoms with van der Waals surface area (Å²) in [4.78, 5) is 50.7. The van der Waals surface area contributed by atoms with Crippen LogP contribution in [0.4, 0.5) is 16.2 Å². The minimum atomic E-state index is -0.854. The first-order valence-corrected chi connectivity index (χ1v) is 11.4. The fraction of sp³-hybridized carbons (Fsp3) is 0.111. The summed E-state index contributed by atoms with van der Waals surface area (Å²) < 4.78 is 5.55. The molecule has 0 saturated carbocycles. The average Bonchev–Trinajstić information content (AvgIpc) is 2.83. The van der Waals surface area contributed by atoms with E-state index in [1.165, 1.54) is 12.1 Å². The van der Waals surface area contributed by atoms with E-state index in [1.54, 1.807) is 42.5 Å². The lowest BCUT2D eigenvalue weighted by Gasteiger charge is -2.26. The van der Waals surface area contributed by atoms with Crippen LogP contribution in [0.25, 0.3) is 6.08 Å². The zero-order valence-corrected chi connectivity index (χ0v) is 20.3. The molecule has 0 aromatic heterocycles. The zero-order chi connectivity index (χ0) is 25.8. The summed E-state index contributed by atoms with van der Waals surface area (Å²) in [6, 6.07) is 17.6. The van der Waals surface area contributed by atoms with Gasteiger partial charge in [-0.3, -0.25) is 19.7 Å². The lowest BCUT2D eigenvalue weighted by molar-refractivity contribution is -0.122. The quantitative estimate of drug-likeness (QED) is 0.376. The van der Waals surface area contributed by atoms with Crippen molar-refractivity contribution in [1.29, 1.82) is 0 Å². The molecule has 2 N–H and O–H groups in total. The van der Waals surface area contributed by atoms with Gasteiger partial charge in [0.15, 0.2) is 6.61 Å². The SMILES string of the molecule is Cc1ccc(NC(=O)COc2ccc(/C=C3\C(=O)NC(=O)N(c4cccc(Cl)c4)C3=O)cc2)c(C)c1. The second-order valence-corrected chi connectivity index (χ2v) is 8.60. The normalized spacial score (nSPS) is 14.6. The first-order valence-electron chi connectivity index (χ1n) is 11.0. The Bertz CT molecular complexity index is 1400. The molecule has 8 nitrogen and oxygen atoms in total. The predicted octanol–water partition coefficient (Wildman–Crippen LogP) is 4.64. The van der Waals surface area contributed by atoms with Crippen molar-refractivity contribution in [3.8, 4) is 5.75 Å². The van der Waals surface area contributed by atoms with Crippen LogP contribution in [0.2, 0.25) is 5.02 Å². The maximum absolute atomic E-state index is 13.0. The monoisotopic (exact) mass is 503 g/mol. The number of urea groups is 1. The van der Waals surface area contributed by atoms with Gasteiger partial charge in [-0.05, 0) is 67.4 Å². The molecule has 36 heavy (non-hydrogen) atoms. The molecule has 0 aliphatic carbocycles. The van der Waals surface area contributed by atoms with Crippen LogP contribution in [0, 0.1) is 13.8 Å². The van der Waals surface area contributed by atoms with Crippen molar-refractivity contribution < 1.29 is 23.9 Å². The van der Waals surface area contributed by atoms with Gasteiger partial charge in [0.1, 0.15) is 11.3 Å². The Morgan fingerprint density at radius 2 is 1.78 bits per heavy atom. The Labute approximate surface area is 212 Å². The number of hydrogen-bond donors (Lipinski definition) is 2. The Balaban J connectivity index is 1.43. The average molecular weight is 504 g/mol. The molecule has 0 atom stereocenters. The molecule has 5 amide bonds. The number of benzene rings is 3. The molecule has 1 aliphatic heterocycles. The van der Waals surface area contributed by atoms with Crippen LogP contribution in [-0.2, 0) is 14.4 Å². The van der Waals surface area contributed by atoms with E-state index >= 15 is 0 Å². The first kappa shape index (κ1) is 24.7. The van der Waals surface area contributed by atoms with E-state index in [1.807, 2.05) is 32.0 Å². The highest BCUT2D eigenvalue weighted by molar-refractivity contribution is 6.39. The maximum Gasteiger partial charge on any atom is 0.335 e. The summed E-state index contributed by atoms with van der Waals surface area (Å²) in [6.07, 6.45) is 1.37. The number of imide groups is 2. The molecule has 1 fully saturated rings. The van der Waals surface area contributed by atoms with E-state index in [4.69, 9.17) is 16.3 Å². The van der Waals surface area contributed by atoms with Gasteiger partial charge in [-0.1, -0.05) is 47.5 Å². The second-order valence-electron chi connectivity index (χ2n) is 8.16. The van der Waals surface area contributed by atoms with Crippen molar-refractivity contribution >= 4 is 52.8 Å². The third-order valence-electron chi connectivity index (χ3n) is 5.39. The van der Waals surface area contributed by atoms with Gasteiger partial charge in [0, 0.05) is 10.7 Å². The van der Waals surface area contributed by atoms with Crippen molar-refractivity contribution in [2.75, 3.05) is 16.8 Å². The standard InChI is InChI=1S/C27H22ClN3O5/c1-16-6-11-23(17(2)12-16)29-24(32)15-36-21-9-7-18(8-10-21)13-22-25(33)30-27(35)31(26(22)34)20-5-3-4-19(28)14-20/h3-14H,15H2,1-2H3,(H,29,32)(H,30,33,35)/b22-13+.